The zero-order chi connectivity index (χ0) is 14.6. The van der Waals surface area contributed by atoms with E-state index in [2.05, 4.69) is 12.2 Å². The largest absolute Gasteiger partial charge is 0.450 e. The summed E-state index contributed by atoms with van der Waals surface area (Å²) in [4.78, 5) is 23.2. The first kappa shape index (κ1) is 15.1. The van der Waals surface area contributed by atoms with Gasteiger partial charge in [-0.05, 0) is 50.4 Å². The number of carbonyl (C=O) groups is 2. The van der Waals surface area contributed by atoms with Crippen LogP contribution in [0.5, 0.6) is 0 Å². The van der Waals surface area contributed by atoms with Gasteiger partial charge in [0.05, 0.1) is 6.61 Å². The lowest BCUT2D eigenvalue weighted by Crippen LogP contribution is -2.52. The molecule has 0 aromatic heterocycles. The Hall–Kier alpha value is -1.26. The fourth-order valence-electron chi connectivity index (χ4n) is 3.52. The first-order valence-corrected chi connectivity index (χ1v) is 7.73. The van der Waals surface area contributed by atoms with Crippen LogP contribution in [0.3, 0.4) is 0 Å². The molecule has 5 nitrogen and oxygen atoms in total. The highest BCUT2D eigenvalue weighted by atomic mass is 16.5. The molecule has 0 aliphatic heterocycles. The Morgan fingerprint density at radius 3 is 2.25 bits per heavy atom. The number of hydrogen-bond donors (Lipinski definition) is 2. The Morgan fingerprint density at radius 2 is 1.75 bits per heavy atom. The zero-order valence-corrected chi connectivity index (χ0v) is 12.4. The Morgan fingerprint density at radius 1 is 1.15 bits per heavy atom. The molecule has 3 aliphatic rings. The van der Waals surface area contributed by atoms with Gasteiger partial charge in [-0.25, -0.2) is 4.79 Å². The third kappa shape index (κ3) is 3.07. The van der Waals surface area contributed by atoms with Gasteiger partial charge in [0, 0.05) is 12.0 Å². The van der Waals surface area contributed by atoms with E-state index in [1.54, 1.807) is 0 Å². The maximum absolute atomic E-state index is 11.6. The third-order valence-electron chi connectivity index (χ3n) is 5.26. The number of hydrogen-bond acceptors (Lipinski definition) is 3. The molecule has 20 heavy (non-hydrogen) atoms. The van der Waals surface area contributed by atoms with Crippen molar-refractivity contribution in [3.8, 4) is 0 Å². The molecule has 0 atom stereocenters. The molecule has 3 rings (SSSR count). The van der Waals surface area contributed by atoms with Crippen molar-refractivity contribution in [3.63, 3.8) is 0 Å². The van der Waals surface area contributed by atoms with Gasteiger partial charge in [-0.15, -0.1) is 0 Å². The SMILES string of the molecule is CCCCOC(=O)NCC12CCC(C(N)=O)(CC1)CC2. The second-order valence-electron chi connectivity index (χ2n) is 6.49. The van der Waals surface area contributed by atoms with Crippen LogP contribution in [0.1, 0.15) is 58.3 Å². The van der Waals surface area contributed by atoms with Gasteiger partial charge in [0.25, 0.3) is 0 Å². The number of nitrogens with two attached hydrogens (primary N) is 1. The molecule has 2 bridgehead atoms. The lowest BCUT2D eigenvalue weighted by atomic mass is 9.53. The number of alkyl carbamates (subject to hydrolysis) is 1. The second kappa shape index (κ2) is 6.02. The van der Waals surface area contributed by atoms with E-state index in [1.807, 2.05) is 0 Å². The van der Waals surface area contributed by atoms with Crippen LogP contribution in [0.4, 0.5) is 4.79 Å². The molecule has 0 aromatic carbocycles. The van der Waals surface area contributed by atoms with E-state index in [-0.39, 0.29) is 22.8 Å². The number of fused-ring (bicyclic) bond motifs is 3. The fourth-order valence-corrected chi connectivity index (χ4v) is 3.52. The molecule has 0 spiro atoms. The Kier molecular flexibility index (Phi) is 4.55. The molecule has 0 saturated heterocycles. The minimum Gasteiger partial charge on any atom is -0.450 e. The van der Waals surface area contributed by atoms with Crippen LogP contribution >= 0.6 is 0 Å². The van der Waals surface area contributed by atoms with Crippen molar-refractivity contribution in [2.75, 3.05) is 13.2 Å². The lowest BCUT2D eigenvalue weighted by Gasteiger charge is -2.51. The van der Waals surface area contributed by atoms with Gasteiger partial charge in [-0.2, -0.15) is 0 Å². The van der Waals surface area contributed by atoms with Crippen LogP contribution in [-0.4, -0.2) is 25.2 Å². The summed E-state index contributed by atoms with van der Waals surface area (Å²) in [6.07, 6.45) is 7.15. The molecule has 0 unspecified atom stereocenters. The molecule has 3 saturated carbocycles. The van der Waals surface area contributed by atoms with Crippen LogP contribution < -0.4 is 11.1 Å². The monoisotopic (exact) mass is 282 g/mol. The molecule has 114 valence electrons. The van der Waals surface area contributed by atoms with E-state index in [4.69, 9.17) is 10.5 Å². The van der Waals surface area contributed by atoms with E-state index in [1.165, 1.54) is 0 Å². The number of amides is 2. The summed E-state index contributed by atoms with van der Waals surface area (Å²) in [7, 11) is 0. The summed E-state index contributed by atoms with van der Waals surface area (Å²) in [5.74, 6) is -0.141. The molecule has 2 amide bonds. The van der Waals surface area contributed by atoms with Crippen molar-refractivity contribution in [2.45, 2.75) is 58.3 Å². The average Bonchev–Trinajstić information content (AvgIpc) is 2.47. The number of unbranched alkanes of at least 4 members (excludes halogenated alkanes) is 1. The Labute approximate surface area is 120 Å². The molecular weight excluding hydrogens is 256 g/mol. The van der Waals surface area contributed by atoms with Crippen molar-refractivity contribution in [1.82, 2.24) is 5.32 Å². The molecule has 3 fully saturated rings. The average molecular weight is 282 g/mol. The Balaban J connectivity index is 1.78. The minimum atomic E-state index is -0.315. The first-order valence-electron chi connectivity index (χ1n) is 7.73. The predicted octanol–water partition coefficient (Wildman–Crippen LogP) is 2.34. The van der Waals surface area contributed by atoms with Crippen molar-refractivity contribution in [2.24, 2.45) is 16.6 Å². The van der Waals surface area contributed by atoms with Crippen LogP contribution in [0.15, 0.2) is 0 Å². The van der Waals surface area contributed by atoms with Crippen LogP contribution in [0.2, 0.25) is 0 Å². The van der Waals surface area contributed by atoms with Gasteiger partial charge in [0.2, 0.25) is 5.91 Å². The number of primary amides is 1. The number of carbonyl (C=O) groups excluding carboxylic acids is 2. The number of rotatable bonds is 6. The van der Waals surface area contributed by atoms with Gasteiger partial charge in [-0.3, -0.25) is 4.79 Å². The molecule has 3 N–H and O–H groups in total. The highest BCUT2D eigenvalue weighted by Crippen LogP contribution is 2.56. The molecule has 0 heterocycles. The molecule has 3 aliphatic carbocycles. The second-order valence-corrected chi connectivity index (χ2v) is 6.49. The standard InChI is InChI=1S/C15H26N2O3/c1-2-3-10-20-13(19)17-11-14-4-7-15(8-5-14,9-6-14)12(16)18/h2-11H2,1H3,(H2,16,18)(H,17,19). The third-order valence-corrected chi connectivity index (χ3v) is 5.26. The smallest absolute Gasteiger partial charge is 0.407 e. The van der Waals surface area contributed by atoms with Crippen molar-refractivity contribution in [3.05, 3.63) is 0 Å². The van der Waals surface area contributed by atoms with Gasteiger partial charge in [0.1, 0.15) is 0 Å². The fraction of sp³-hybridized carbons (Fsp3) is 0.867. The van der Waals surface area contributed by atoms with E-state index in [9.17, 15) is 9.59 Å². The number of nitrogens with one attached hydrogen (secondary N) is 1. The summed E-state index contributed by atoms with van der Waals surface area (Å²) < 4.78 is 5.11. The molecular formula is C15H26N2O3. The van der Waals surface area contributed by atoms with Crippen LogP contribution in [-0.2, 0) is 9.53 Å². The summed E-state index contributed by atoms with van der Waals surface area (Å²) in [5.41, 5.74) is 5.44. The van der Waals surface area contributed by atoms with Gasteiger partial charge >= 0.3 is 6.09 Å². The highest BCUT2D eigenvalue weighted by Gasteiger charge is 2.51. The van der Waals surface area contributed by atoms with Gasteiger partial charge in [0.15, 0.2) is 0 Å². The summed E-state index contributed by atoms with van der Waals surface area (Å²) in [5, 5.41) is 2.89. The van der Waals surface area contributed by atoms with E-state index >= 15 is 0 Å². The molecule has 0 aromatic rings. The van der Waals surface area contributed by atoms with Crippen molar-refractivity contribution >= 4 is 12.0 Å². The van der Waals surface area contributed by atoms with Crippen molar-refractivity contribution in [1.29, 1.82) is 0 Å². The molecule has 0 radical (unpaired) electrons. The van der Waals surface area contributed by atoms with Crippen LogP contribution in [0, 0.1) is 10.8 Å². The first-order chi connectivity index (χ1) is 9.52. The maximum atomic E-state index is 11.6. The van der Waals surface area contributed by atoms with Gasteiger partial charge < -0.3 is 15.8 Å². The van der Waals surface area contributed by atoms with Crippen LogP contribution in [0.25, 0.3) is 0 Å². The van der Waals surface area contributed by atoms with E-state index < -0.39 is 0 Å². The lowest BCUT2D eigenvalue weighted by molar-refractivity contribution is -0.136. The van der Waals surface area contributed by atoms with Gasteiger partial charge in [-0.1, -0.05) is 13.3 Å². The normalized spacial score (nSPS) is 31.9. The zero-order valence-electron chi connectivity index (χ0n) is 12.4. The highest BCUT2D eigenvalue weighted by molar-refractivity contribution is 5.81. The topological polar surface area (TPSA) is 81.4 Å². The summed E-state index contributed by atoms with van der Waals surface area (Å²) in [6.45, 7) is 3.21. The van der Waals surface area contributed by atoms with E-state index in [0.717, 1.165) is 51.4 Å². The predicted molar refractivity (Wildman–Crippen MR) is 76.0 cm³/mol. The Bertz CT molecular complexity index is 357. The van der Waals surface area contributed by atoms with E-state index in [0.29, 0.717) is 13.2 Å². The molecule has 5 heteroatoms. The maximum Gasteiger partial charge on any atom is 0.407 e. The number of ether oxygens (including phenoxy) is 1. The van der Waals surface area contributed by atoms with Crippen molar-refractivity contribution < 1.29 is 14.3 Å². The summed E-state index contributed by atoms with van der Waals surface area (Å²) >= 11 is 0. The summed E-state index contributed by atoms with van der Waals surface area (Å²) in [6, 6.07) is 0. The minimum absolute atomic E-state index is 0.141. The quantitative estimate of drug-likeness (QED) is 0.734.